The number of nitrogens with one attached hydrogen (secondary N) is 1. The highest BCUT2D eigenvalue weighted by Crippen LogP contribution is 2.34. The maximum atomic E-state index is 4.68. The Labute approximate surface area is 125 Å². The Balaban J connectivity index is 2.20. The Morgan fingerprint density at radius 3 is 2.80 bits per heavy atom. The average Bonchev–Trinajstić information content (AvgIpc) is 3.06. The Morgan fingerprint density at radius 1 is 1.25 bits per heavy atom. The van der Waals surface area contributed by atoms with Crippen molar-refractivity contribution in [2.45, 2.75) is 27.2 Å². The van der Waals surface area contributed by atoms with E-state index >= 15 is 0 Å². The van der Waals surface area contributed by atoms with Crippen molar-refractivity contribution in [3.05, 3.63) is 21.3 Å². The van der Waals surface area contributed by atoms with Crippen LogP contribution in [-0.4, -0.2) is 21.5 Å². The fourth-order valence-corrected chi connectivity index (χ4v) is 3.62. The van der Waals surface area contributed by atoms with Gasteiger partial charge in [-0.25, -0.2) is 15.0 Å². The minimum atomic E-state index is 0.707. The molecule has 0 fully saturated rings. The van der Waals surface area contributed by atoms with Crippen molar-refractivity contribution >= 4 is 38.7 Å². The van der Waals surface area contributed by atoms with Gasteiger partial charge in [-0.15, -0.1) is 22.7 Å². The molecule has 0 saturated heterocycles. The van der Waals surface area contributed by atoms with E-state index in [1.54, 1.807) is 22.7 Å². The van der Waals surface area contributed by atoms with Crippen LogP contribution in [0.4, 0.5) is 5.82 Å². The van der Waals surface area contributed by atoms with Gasteiger partial charge in [0.15, 0.2) is 5.82 Å². The van der Waals surface area contributed by atoms with Gasteiger partial charge in [0.05, 0.1) is 10.9 Å². The van der Waals surface area contributed by atoms with E-state index in [0.29, 0.717) is 5.82 Å². The molecule has 4 nitrogen and oxygen atoms in total. The van der Waals surface area contributed by atoms with Crippen molar-refractivity contribution in [1.82, 2.24) is 15.0 Å². The molecule has 0 saturated carbocycles. The van der Waals surface area contributed by atoms with Gasteiger partial charge in [0.2, 0.25) is 0 Å². The number of aryl methyl sites for hydroxylation is 2. The van der Waals surface area contributed by atoms with Gasteiger partial charge < -0.3 is 5.32 Å². The maximum Gasteiger partial charge on any atom is 0.182 e. The molecule has 3 aromatic rings. The van der Waals surface area contributed by atoms with E-state index < -0.39 is 0 Å². The summed E-state index contributed by atoms with van der Waals surface area (Å²) in [5.74, 6) is 1.64. The molecule has 20 heavy (non-hydrogen) atoms. The van der Waals surface area contributed by atoms with E-state index in [0.717, 1.165) is 34.7 Å². The predicted octanol–water partition coefficient (Wildman–Crippen LogP) is 4.25. The summed E-state index contributed by atoms with van der Waals surface area (Å²) in [5.41, 5.74) is 3.93. The zero-order chi connectivity index (χ0) is 14.1. The topological polar surface area (TPSA) is 50.7 Å². The second-order valence-electron chi connectivity index (χ2n) is 4.66. The molecular formula is C14H16N4S2. The van der Waals surface area contributed by atoms with Gasteiger partial charge in [0, 0.05) is 16.8 Å². The molecule has 0 aliphatic heterocycles. The lowest BCUT2D eigenvalue weighted by Gasteiger charge is -2.07. The number of thiophene rings is 1. The fourth-order valence-electron chi connectivity index (χ4n) is 2.06. The molecule has 0 spiro atoms. The van der Waals surface area contributed by atoms with Crippen LogP contribution in [0.3, 0.4) is 0 Å². The van der Waals surface area contributed by atoms with E-state index in [1.807, 2.05) is 10.9 Å². The number of rotatable bonds is 4. The number of aromatic nitrogens is 3. The average molecular weight is 304 g/mol. The predicted molar refractivity (Wildman–Crippen MR) is 86.8 cm³/mol. The quantitative estimate of drug-likeness (QED) is 0.782. The van der Waals surface area contributed by atoms with Crippen molar-refractivity contribution in [3.63, 3.8) is 0 Å². The van der Waals surface area contributed by atoms with Gasteiger partial charge in [-0.2, -0.15) is 0 Å². The van der Waals surface area contributed by atoms with Gasteiger partial charge in [0.1, 0.15) is 16.3 Å². The Morgan fingerprint density at radius 2 is 2.10 bits per heavy atom. The van der Waals surface area contributed by atoms with Gasteiger partial charge in [-0.1, -0.05) is 6.92 Å². The van der Waals surface area contributed by atoms with Crippen molar-refractivity contribution in [2.24, 2.45) is 0 Å². The molecule has 0 aliphatic carbocycles. The molecule has 1 N–H and O–H groups in total. The smallest absolute Gasteiger partial charge is 0.182 e. The van der Waals surface area contributed by atoms with Crippen LogP contribution in [-0.2, 0) is 0 Å². The van der Waals surface area contributed by atoms with E-state index in [-0.39, 0.29) is 0 Å². The summed E-state index contributed by atoms with van der Waals surface area (Å²) in [6.45, 7) is 7.33. The van der Waals surface area contributed by atoms with E-state index in [1.165, 1.54) is 10.4 Å². The van der Waals surface area contributed by atoms with Crippen LogP contribution in [0.1, 0.15) is 23.8 Å². The molecule has 0 amide bonds. The summed E-state index contributed by atoms with van der Waals surface area (Å²) in [7, 11) is 0. The SMILES string of the molecule is CCCNc1nc(-c2cscn2)nc2sc(C)c(C)c12. The summed E-state index contributed by atoms with van der Waals surface area (Å²) in [4.78, 5) is 16.0. The highest BCUT2D eigenvalue weighted by molar-refractivity contribution is 7.18. The summed E-state index contributed by atoms with van der Waals surface area (Å²) in [5, 5.41) is 6.56. The molecule has 3 aromatic heterocycles. The molecule has 104 valence electrons. The molecular weight excluding hydrogens is 288 g/mol. The highest BCUT2D eigenvalue weighted by atomic mass is 32.1. The zero-order valence-corrected chi connectivity index (χ0v) is 13.4. The monoisotopic (exact) mass is 304 g/mol. The first-order valence-corrected chi connectivity index (χ1v) is 8.36. The highest BCUT2D eigenvalue weighted by Gasteiger charge is 2.15. The number of thiazole rings is 1. The first kappa shape index (κ1) is 13.5. The Hall–Kier alpha value is -1.53. The molecule has 3 heterocycles. The van der Waals surface area contributed by atoms with Crippen LogP contribution in [0.2, 0.25) is 0 Å². The van der Waals surface area contributed by atoms with Crippen LogP contribution in [0.5, 0.6) is 0 Å². The van der Waals surface area contributed by atoms with Crippen molar-refractivity contribution < 1.29 is 0 Å². The lowest BCUT2D eigenvalue weighted by molar-refractivity contribution is 0.970. The van der Waals surface area contributed by atoms with E-state index in [2.05, 4.69) is 41.0 Å². The first-order chi connectivity index (χ1) is 9.70. The summed E-state index contributed by atoms with van der Waals surface area (Å²) in [6.07, 6.45) is 1.07. The number of hydrogen-bond donors (Lipinski definition) is 1. The number of nitrogens with zero attached hydrogens (tertiary/aromatic N) is 3. The van der Waals surface area contributed by atoms with Crippen molar-refractivity contribution in [2.75, 3.05) is 11.9 Å². The van der Waals surface area contributed by atoms with E-state index in [9.17, 15) is 0 Å². The third kappa shape index (κ3) is 2.29. The van der Waals surface area contributed by atoms with Gasteiger partial charge >= 0.3 is 0 Å². The fraction of sp³-hybridized carbons (Fsp3) is 0.357. The standard InChI is InChI=1S/C14H16N4S2/c1-4-5-15-13-11-8(2)9(3)20-14(11)18-12(17-13)10-6-19-7-16-10/h6-7H,4-5H2,1-3H3,(H,15,17,18). The molecule has 3 rings (SSSR count). The largest absolute Gasteiger partial charge is 0.369 e. The number of fused-ring (bicyclic) bond motifs is 1. The summed E-state index contributed by atoms with van der Waals surface area (Å²) in [6, 6.07) is 0. The summed E-state index contributed by atoms with van der Waals surface area (Å²) >= 11 is 3.29. The van der Waals surface area contributed by atoms with Crippen molar-refractivity contribution in [3.8, 4) is 11.5 Å². The molecule has 0 aromatic carbocycles. The van der Waals surface area contributed by atoms with Gasteiger partial charge in [0.25, 0.3) is 0 Å². The normalized spacial score (nSPS) is 11.2. The van der Waals surface area contributed by atoms with Crippen LogP contribution in [0.25, 0.3) is 21.7 Å². The molecule has 0 bridgehead atoms. The van der Waals surface area contributed by atoms with Crippen molar-refractivity contribution in [1.29, 1.82) is 0 Å². The molecule has 0 aliphatic rings. The summed E-state index contributed by atoms with van der Waals surface area (Å²) < 4.78 is 0. The molecule has 0 unspecified atom stereocenters. The van der Waals surface area contributed by atoms with Crippen LogP contribution >= 0.6 is 22.7 Å². The van der Waals surface area contributed by atoms with Crippen LogP contribution in [0, 0.1) is 13.8 Å². The lowest BCUT2D eigenvalue weighted by Crippen LogP contribution is -2.04. The van der Waals surface area contributed by atoms with Crippen LogP contribution in [0.15, 0.2) is 10.9 Å². The molecule has 6 heteroatoms. The second kappa shape index (κ2) is 5.46. The number of hydrogen-bond acceptors (Lipinski definition) is 6. The molecule has 0 atom stereocenters. The minimum absolute atomic E-state index is 0.707. The zero-order valence-electron chi connectivity index (χ0n) is 11.7. The lowest BCUT2D eigenvalue weighted by atomic mass is 10.2. The second-order valence-corrected chi connectivity index (χ2v) is 6.58. The molecule has 0 radical (unpaired) electrons. The first-order valence-electron chi connectivity index (χ1n) is 6.61. The third-order valence-electron chi connectivity index (χ3n) is 3.23. The third-order valence-corrected chi connectivity index (χ3v) is 4.92. The van der Waals surface area contributed by atoms with Gasteiger partial charge in [-0.05, 0) is 25.8 Å². The Kier molecular flexibility index (Phi) is 3.67. The number of anilines is 1. The minimum Gasteiger partial charge on any atom is -0.369 e. The van der Waals surface area contributed by atoms with Gasteiger partial charge in [-0.3, -0.25) is 0 Å². The maximum absolute atomic E-state index is 4.68. The van der Waals surface area contributed by atoms with E-state index in [4.69, 9.17) is 0 Å². The Bertz CT molecular complexity index is 731. The van der Waals surface area contributed by atoms with Crippen LogP contribution < -0.4 is 5.32 Å².